The zero-order valence-corrected chi connectivity index (χ0v) is 13.4. The lowest BCUT2D eigenvalue weighted by Crippen LogP contribution is -2.33. The number of benzene rings is 1. The zero-order valence-electron chi connectivity index (χ0n) is 12.6. The minimum Gasteiger partial charge on any atom is -0.351 e. The number of alkyl halides is 1. The van der Waals surface area contributed by atoms with E-state index in [1.807, 2.05) is 12.1 Å². The van der Waals surface area contributed by atoms with Crippen LogP contribution in [0.15, 0.2) is 24.3 Å². The van der Waals surface area contributed by atoms with Gasteiger partial charge in [-0.2, -0.15) is 0 Å². The third-order valence-electron chi connectivity index (χ3n) is 3.74. The lowest BCUT2D eigenvalue weighted by atomic mass is 10.1. The Hall–Kier alpha value is -1.59. The predicted molar refractivity (Wildman–Crippen MR) is 87.0 cm³/mol. The van der Waals surface area contributed by atoms with Crippen molar-refractivity contribution in [3.05, 3.63) is 35.4 Å². The summed E-state index contributed by atoms with van der Waals surface area (Å²) in [6.07, 6.45) is 2.52. The number of carbonyl (C=O) groups is 2. The summed E-state index contributed by atoms with van der Waals surface area (Å²) in [5.74, 6) is -0.307. The summed E-state index contributed by atoms with van der Waals surface area (Å²) in [7, 11) is 0. The maximum absolute atomic E-state index is 12.0. The summed E-state index contributed by atoms with van der Waals surface area (Å²) in [6.45, 7) is 4.28. The van der Waals surface area contributed by atoms with Gasteiger partial charge in [-0.15, -0.1) is 11.6 Å². The standard InChI is InChI=1S/C16H22ClN3O2/c17-11-15(21)19-12-13-3-5-14(6-4-13)16(22)18-7-10-20-8-1-2-9-20/h3-6H,1-2,7-12H2,(H,18,22)(H,19,21). The molecule has 1 saturated heterocycles. The molecule has 120 valence electrons. The SMILES string of the molecule is O=C(CCl)NCc1ccc(C(=O)NCCN2CCCC2)cc1. The number of halogens is 1. The smallest absolute Gasteiger partial charge is 0.251 e. The molecule has 5 nitrogen and oxygen atoms in total. The maximum Gasteiger partial charge on any atom is 0.251 e. The average Bonchev–Trinajstić information content (AvgIpc) is 3.06. The second kappa shape index (κ2) is 8.76. The first-order chi connectivity index (χ1) is 10.7. The van der Waals surface area contributed by atoms with Crippen LogP contribution in [-0.4, -0.2) is 48.8 Å². The van der Waals surface area contributed by atoms with Gasteiger partial charge in [0.25, 0.3) is 5.91 Å². The van der Waals surface area contributed by atoms with Crippen LogP contribution in [0.25, 0.3) is 0 Å². The van der Waals surface area contributed by atoms with Crippen LogP contribution in [0.1, 0.15) is 28.8 Å². The Kier molecular flexibility index (Phi) is 6.68. The Labute approximate surface area is 136 Å². The summed E-state index contributed by atoms with van der Waals surface area (Å²) in [5, 5.41) is 5.62. The van der Waals surface area contributed by atoms with Gasteiger partial charge in [0.05, 0.1) is 0 Å². The Morgan fingerprint density at radius 3 is 2.41 bits per heavy atom. The molecule has 6 heteroatoms. The number of likely N-dealkylation sites (tertiary alicyclic amines) is 1. The highest BCUT2D eigenvalue weighted by Crippen LogP contribution is 2.06. The van der Waals surface area contributed by atoms with E-state index in [4.69, 9.17) is 11.6 Å². The van der Waals surface area contributed by atoms with Gasteiger partial charge < -0.3 is 15.5 Å². The van der Waals surface area contributed by atoms with E-state index >= 15 is 0 Å². The minimum atomic E-state index is -0.203. The first-order valence-corrected chi connectivity index (χ1v) is 8.14. The van der Waals surface area contributed by atoms with Gasteiger partial charge in [-0.05, 0) is 43.6 Å². The van der Waals surface area contributed by atoms with Gasteiger partial charge in [0.2, 0.25) is 5.91 Å². The molecule has 2 amide bonds. The Morgan fingerprint density at radius 1 is 1.09 bits per heavy atom. The summed E-state index contributed by atoms with van der Waals surface area (Å²) >= 11 is 5.41. The van der Waals surface area contributed by atoms with E-state index in [1.54, 1.807) is 12.1 Å². The molecule has 0 unspecified atom stereocenters. The van der Waals surface area contributed by atoms with Crippen molar-refractivity contribution >= 4 is 23.4 Å². The molecular weight excluding hydrogens is 302 g/mol. The highest BCUT2D eigenvalue weighted by atomic mass is 35.5. The average molecular weight is 324 g/mol. The fraction of sp³-hybridized carbons (Fsp3) is 0.500. The number of nitrogens with one attached hydrogen (secondary N) is 2. The van der Waals surface area contributed by atoms with E-state index in [0.29, 0.717) is 18.7 Å². The van der Waals surface area contributed by atoms with Crippen LogP contribution in [0.2, 0.25) is 0 Å². The van der Waals surface area contributed by atoms with Gasteiger partial charge in [0, 0.05) is 25.2 Å². The molecule has 0 aromatic heterocycles. The second-order valence-electron chi connectivity index (χ2n) is 5.41. The van der Waals surface area contributed by atoms with Gasteiger partial charge in [-0.3, -0.25) is 9.59 Å². The van der Waals surface area contributed by atoms with Crippen molar-refractivity contribution in [3.63, 3.8) is 0 Å². The van der Waals surface area contributed by atoms with E-state index in [1.165, 1.54) is 12.8 Å². The van der Waals surface area contributed by atoms with E-state index in [0.717, 1.165) is 25.2 Å². The minimum absolute atomic E-state index is 0.0441. The van der Waals surface area contributed by atoms with Crippen molar-refractivity contribution in [1.29, 1.82) is 0 Å². The van der Waals surface area contributed by atoms with E-state index < -0.39 is 0 Å². The molecule has 0 spiro atoms. The number of nitrogens with zero attached hydrogens (tertiary/aromatic N) is 1. The lowest BCUT2D eigenvalue weighted by molar-refractivity contribution is -0.118. The fourth-order valence-corrected chi connectivity index (χ4v) is 2.55. The largest absolute Gasteiger partial charge is 0.351 e. The topological polar surface area (TPSA) is 61.4 Å². The first kappa shape index (κ1) is 16.8. The van der Waals surface area contributed by atoms with Crippen LogP contribution in [0.4, 0.5) is 0 Å². The third-order valence-corrected chi connectivity index (χ3v) is 3.98. The van der Waals surface area contributed by atoms with Crippen LogP contribution < -0.4 is 10.6 Å². The molecule has 22 heavy (non-hydrogen) atoms. The molecule has 0 radical (unpaired) electrons. The number of hydrogen-bond donors (Lipinski definition) is 2. The van der Waals surface area contributed by atoms with Crippen molar-refractivity contribution in [2.75, 3.05) is 32.1 Å². The monoisotopic (exact) mass is 323 g/mol. The van der Waals surface area contributed by atoms with Crippen LogP contribution in [-0.2, 0) is 11.3 Å². The molecule has 0 bridgehead atoms. The highest BCUT2D eigenvalue weighted by Gasteiger charge is 2.11. The Bertz CT molecular complexity index is 499. The van der Waals surface area contributed by atoms with Crippen LogP contribution >= 0.6 is 11.6 Å². The van der Waals surface area contributed by atoms with Crippen molar-refractivity contribution < 1.29 is 9.59 Å². The molecule has 2 N–H and O–H groups in total. The number of rotatable bonds is 7. The summed E-state index contributed by atoms with van der Waals surface area (Å²) in [6, 6.07) is 7.22. The normalized spacial score (nSPS) is 14.8. The third kappa shape index (κ3) is 5.31. The quantitative estimate of drug-likeness (QED) is 0.745. The molecule has 1 aromatic rings. The molecule has 0 saturated carbocycles. The van der Waals surface area contributed by atoms with Crippen molar-refractivity contribution in [2.24, 2.45) is 0 Å². The van der Waals surface area contributed by atoms with Crippen molar-refractivity contribution in [2.45, 2.75) is 19.4 Å². The lowest BCUT2D eigenvalue weighted by Gasteiger charge is -2.14. The molecule has 1 aliphatic rings. The van der Waals surface area contributed by atoms with E-state index in [-0.39, 0.29) is 17.7 Å². The molecule has 2 rings (SSSR count). The van der Waals surface area contributed by atoms with Crippen molar-refractivity contribution in [1.82, 2.24) is 15.5 Å². The summed E-state index contributed by atoms with van der Waals surface area (Å²) in [5.41, 5.74) is 1.57. The first-order valence-electron chi connectivity index (χ1n) is 7.61. The Balaban J connectivity index is 1.74. The van der Waals surface area contributed by atoms with Crippen LogP contribution in [0.5, 0.6) is 0 Å². The second-order valence-corrected chi connectivity index (χ2v) is 5.68. The molecule has 1 fully saturated rings. The Morgan fingerprint density at radius 2 is 1.77 bits per heavy atom. The molecule has 0 aliphatic carbocycles. The maximum atomic E-state index is 12.0. The number of hydrogen-bond acceptors (Lipinski definition) is 3. The predicted octanol–water partition coefficient (Wildman–Crippen LogP) is 1.37. The van der Waals surface area contributed by atoms with Crippen molar-refractivity contribution in [3.8, 4) is 0 Å². The fourth-order valence-electron chi connectivity index (χ4n) is 2.46. The van der Waals surface area contributed by atoms with Gasteiger partial charge in [0.1, 0.15) is 5.88 Å². The number of amides is 2. The highest BCUT2D eigenvalue weighted by molar-refractivity contribution is 6.27. The molecule has 1 heterocycles. The van der Waals surface area contributed by atoms with Gasteiger partial charge >= 0.3 is 0 Å². The summed E-state index contributed by atoms with van der Waals surface area (Å²) in [4.78, 5) is 25.5. The number of carbonyl (C=O) groups excluding carboxylic acids is 2. The van der Waals surface area contributed by atoms with E-state index in [2.05, 4.69) is 15.5 Å². The van der Waals surface area contributed by atoms with Gasteiger partial charge in [0.15, 0.2) is 0 Å². The van der Waals surface area contributed by atoms with E-state index in [9.17, 15) is 9.59 Å². The van der Waals surface area contributed by atoms with Crippen LogP contribution in [0.3, 0.4) is 0 Å². The van der Waals surface area contributed by atoms with Crippen LogP contribution in [0, 0.1) is 0 Å². The van der Waals surface area contributed by atoms with Gasteiger partial charge in [-0.1, -0.05) is 12.1 Å². The molecule has 1 aromatic carbocycles. The zero-order chi connectivity index (χ0) is 15.8. The molecule has 1 aliphatic heterocycles. The molecular formula is C16H22ClN3O2. The summed E-state index contributed by atoms with van der Waals surface area (Å²) < 4.78 is 0. The van der Waals surface area contributed by atoms with Gasteiger partial charge in [-0.25, -0.2) is 0 Å². The molecule has 0 atom stereocenters.